The predicted octanol–water partition coefficient (Wildman–Crippen LogP) is 4.88. The van der Waals surface area contributed by atoms with Gasteiger partial charge in [-0.15, -0.1) is 5.10 Å². The molecule has 2 heterocycles. The standard InChI is InChI=1S/C25H21N5O2/c1-17-13-18(9-12-23(17)25-27-29-30-28-25)15-31-21-6-4-7-22(14-21)32-16-20-11-10-19-5-2-3-8-24(19)26-20/h2-14H,15-16H2,1H3,(H,27,28,29,30). The van der Waals surface area contributed by atoms with Crippen molar-refractivity contribution in [1.82, 2.24) is 25.6 Å². The Bertz CT molecular complexity index is 1350. The molecule has 0 aliphatic heterocycles. The number of hydrogen-bond acceptors (Lipinski definition) is 6. The predicted molar refractivity (Wildman–Crippen MR) is 121 cm³/mol. The molecule has 0 saturated heterocycles. The van der Waals surface area contributed by atoms with Gasteiger partial charge in [0, 0.05) is 17.0 Å². The molecule has 0 saturated carbocycles. The average molecular weight is 423 g/mol. The molecule has 0 atom stereocenters. The van der Waals surface area contributed by atoms with Crippen LogP contribution in [0.2, 0.25) is 0 Å². The molecule has 5 aromatic rings. The van der Waals surface area contributed by atoms with Crippen LogP contribution in [0.15, 0.2) is 78.9 Å². The van der Waals surface area contributed by atoms with Crippen LogP contribution in [0.5, 0.6) is 11.5 Å². The third-order valence-electron chi connectivity index (χ3n) is 5.15. The van der Waals surface area contributed by atoms with Crippen LogP contribution < -0.4 is 9.47 Å². The Balaban J connectivity index is 1.22. The average Bonchev–Trinajstić information content (AvgIpc) is 3.36. The number of pyridine rings is 1. The lowest BCUT2D eigenvalue weighted by atomic mass is 10.1. The lowest BCUT2D eigenvalue weighted by molar-refractivity contribution is 0.287. The fraction of sp³-hybridized carbons (Fsp3) is 0.120. The normalized spacial score (nSPS) is 10.9. The third kappa shape index (κ3) is 4.41. The summed E-state index contributed by atoms with van der Waals surface area (Å²) in [5.41, 5.74) is 4.95. The Kier molecular flexibility index (Phi) is 5.45. The molecule has 1 N–H and O–H groups in total. The summed E-state index contributed by atoms with van der Waals surface area (Å²) < 4.78 is 11.9. The van der Waals surface area contributed by atoms with E-state index in [0.29, 0.717) is 19.0 Å². The van der Waals surface area contributed by atoms with Crippen molar-refractivity contribution in [2.75, 3.05) is 0 Å². The second-order valence-corrected chi connectivity index (χ2v) is 7.45. The zero-order chi connectivity index (χ0) is 21.8. The van der Waals surface area contributed by atoms with Gasteiger partial charge in [0.15, 0.2) is 5.82 Å². The number of fused-ring (bicyclic) bond motifs is 1. The number of aromatic amines is 1. The van der Waals surface area contributed by atoms with E-state index in [0.717, 1.165) is 44.8 Å². The van der Waals surface area contributed by atoms with Crippen LogP contribution in [0.3, 0.4) is 0 Å². The zero-order valence-corrected chi connectivity index (χ0v) is 17.5. The summed E-state index contributed by atoms with van der Waals surface area (Å²) in [7, 11) is 0. The number of ether oxygens (including phenoxy) is 2. The fourth-order valence-corrected chi connectivity index (χ4v) is 3.52. The minimum absolute atomic E-state index is 0.394. The summed E-state index contributed by atoms with van der Waals surface area (Å²) in [6.45, 7) is 2.87. The lowest BCUT2D eigenvalue weighted by Crippen LogP contribution is -2.00. The molecule has 0 spiro atoms. The number of nitrogens with zero attached hydrogens (tertiary/aromatic N) is 4. The van der Waals surface area contributed by atoms with Gasteiger partial charge in [0.1, 0.15) is 24.7 Å². The van der Waals surface area contributed by atoms with E-state index in [9.17, 15) is 0 Å². The molecule has 0 unspecified atom stereocenters. The molecular weight excluding hydrogens is 402 g/mol. The highest BCUT2D eigenvalue weighted by Crippen LogP contribution is 2.24. The summed E-state index contributed by atoms with van der Waals surface area (Å²) in [5, 5.41) is 15.1. The first-order valence-corrected chi connectivity index (χ1v) is 10.3. The van der Waals surface area contributed by atoms with Crippen molar-refractivity contribution < 1.29 is 9.47 Å². The van der Waals surface area contributed by atoms with Gasteiger partial charge in [-0.2, -0.15) is 0 Å². The number of benzene rings is 3. The molecule has 158 valence electrons. The Labute approximate surface area is 185 Å². The SMILES string of the molecule is Cc1cc(COc2cccc(OCc3ccc4ccccc4n3)c2)ccc1-c1nnn[nH]1. The smallest absolute Gasteiger partial charge is 0.179 e. The molecule has 0 radical (unpaired) electrons. The van der Waals surface area contributed by atoms with Crippen molar-refractivity contribution in [1.29, 1.82) is 0 Å². The van der Waals surface area contributed by atoms with Gasteiger partial charge in [-0.1, -0.05) is 48.5 Å². The first kappa shape index (κ1) is 19.7. The number of para-hydroxylation sites is 1. The molecule has 7 nitrogen and oxygen atoms in total. The number of H-pyrrole nitrogens is 1. The second-order valence-electron chi connectivity index (χ2n) is 7.45. The summed E-state index contributed by atoms with van der Waals surface area (Å²) in [4.78, 5) is 4.65. The van der Waals surface area contributed by atoms with E-state index in [4.69, 9.17) is 9.47 Å². The highest BCUT2D eigenvalue weighted by atomic mass is 16.5. The van der Waals surface area contributed by atoms with Crippen LogP contribution in [-0.2, 0) is 13.2 Å². The number of nitrogens with one attached hydrogen (secondary N) is 1. The largest absolute Gasteiger partial charge is 0.489 e. The zero-order valence-electron chi connectivity index (χ0n) is 17.5. The minimum Gasteiger partial charge on any atom is -0.489 e. The van der Waals surface area contributed by atoms with Gasteiger partial charge in [-0.25, -0.2) is 10.1 Å². The minimum atomic E-state index is 0.394. The van der Waals surface area contributed by atoms with E-state index < -0.39 is 0 Å². The summed E-state index contributed by atoms with van der Waals surface area (Å²) >= 11 is 0. The molecule has 32 heavy (non-hydrogen) atoms. The number of rotatable bonds is 7. The Morgan fingerprint density at radius 2 is 1.66 bits per heavy atom. The maximum absolute atomic E-state index is 5.98. The lowest BCUT2D eigenvalue weighted by Gasteiger charge is -2.11. The van der Waals surface area contributed by atoms with Crippen LogP contribution >= 0.6 is 0 Å². The third-order valence-corrected chi connectivity index (χ3v) is 5.15. The number of aryl methyl sites for hydroxylation is 1. The molecule has 7 heteroatoms. The monoisotopic (exact) mass is 423 g/mol. The molecule has 0 bridgehead atoms. The summed E-state index contributed by atoms with van der Waals surface area (Å²) in [5.74, 6) is 2.14. The molecule has 0 amide bonds. The summed E-state index contributed by atoms with van der Waals surface area (Å²) in [6, 6.07) is 25.8. The molecule has 2 aromatic heterocycles. The van der Waals surface area contributed by atoms with Crippen molar-refractivity contribution in [2.24, 2.45) is 0 Å². The molecular formula is C25H21N5O2. The van der Waals surface area contributed by atoms with E-state index in [1.165, 1.54) is 0 Å². The van der Waals surface area contributed by atoms with Crippen molar-refractivity contribution >= 4 is 10.9 Å². The topological polar surface area (TPSA) is 85.8 Å². The number of aromatic nitrogens is 5. The Morgan fingerprint density at radius 3 is 2.47 bits per heavy atom. The van der Waals surface area contributed by atoms with Crippen molar-refractivity contribution in [3.63, 3.8) is 0 Å². The molecule has 0 fully saturated rings. The second kappa shape index (κ2) is 8.85. The molecule has 0 aliphatic rings. The molecule has 3 aromatic carbocycles. The first-order chi connectivity index (χ1) is 15.7. The van der Waals surface area contributed by atoms with Gasteiger partial charge in [-0.05, 0) is 52.7 Å². The van der Waals surface area contributed by atoms with Gasteiger partial charge >= 0.3 is 0 Å². The Morgan fingerprint density at radius 1 is 0.812 bits per heavy atom. The highest BCUT2D eigenvalue weighted by molar-refractivity contribution is 5.78. The van der Waals surface area contributed by atoms with Crippen LogP contribution in [-0.4, -0.2) is 25.6 Å². The van der Waals surface area contributed by atoms with E-state index >= 15 is 0 Å². The van der Waals surface area contributed by atoms with Crippen molar-refractivity contribution in [3.8, 4) is 22.9 Å². The van der Waals surface area contributed by atoms with E-state index in [1.54, 1.807) is 0 Å². The van der Waals surface area contributed by atoms with E-state index in [2.05, 4.69) is 37.7 Å². The van der Waals surface area contributed by atoms with E-state index in [-0.39, 0.29) is 0 Å². The van der Waals surface area contributed by atoms with Crippen LogP contribution in [0.4, 0.5) is 0 Å². The van der Waals surface area contributed by atoms with Gasteiger partial charge in [0.2, 0.25) is 0 Å². The number of tetrazole rings is 1. The molecule has 0 aliphatic carbocycles. The van der Waals surface area contributed by atoms with Gasteiger partial charge in [0.05, 0.1) is 11.2 Å². The number of hydrogen-bond donors (Lipinski definition) is 1. The van der Waals surface area contributed by atoms with Crippen molar-refractivity contribution in [2.45, 2.75) is 20.1 Å². The fourth-order valence-electron chi connectivity index (χ4n) is 3.52. The first-order valence-electron chi connectivity index (χ1n) is 10.3. The highest BCUT2D eigenvalue weighted by Gasteiger charge is 2.07. The van der Waals surface area contributed by atoms with Gasteiger partial charge in [-0.3, -0.25) is 0 Å². The van der Waals surface area contributed by atoms with Gasteiger partial charge in [0.25, 0.3) is 0 Å². The van der Waals surface area contributed by atoms with Crippen molar-refractivity contribution in [3.05, 3.63) is 95.7 Å². The van der Waals surface area contributed by atoms with E-state index in [1.807, 2.05) is 73.7 Å². The Hall–Kier alpha value is -4.26. The van der Waals surface area contributed by atoms with Crippen LogP contribution in [0.1, 0.15) is 16.8 Å². The maximum atomic E-state index is 5.98. The van der Waals surface area contributed by atoms with Gasteiger partial charge < -0.3 is 9.47 Å². The van der Waals surface area contributed by atoms with Crippen LogP contribution in [0.25, 0.3) is 22.3 Å². The summed E-state index contributed by atoms with van der Waals surface area (Å²) in [6.07, 6.45) is 0. The maximum Gasteiger partial charge on any atom is 0.179 e. The molecule has 5 rings (SSSR count). The quantitative estimate of drug-likeness (QED) is 0.401. The van der Waals surface area contributed by atoms with Crippen LogP contribution in [0, 0.1) is 6.92 Å².